The molecule has 2 heteroatoms. The van der Waals surface area contributed by atoms with E-state index in [1.165, 1.54) is 77.5 Å². The highest BCUT2D eigenvalue weighted by Crippen LogP contribution is 2.37. The van der Waals surface area contributed by atoms with Crippen molar-refractivity contribution < 1.29 is 0 Å². The smallest absolute Gasteiger partial charge is 0.00680 e. The van der Waals surface area contributed by atoms with Crippen LogP contribution in [0.5, 0.6) is 0 Å². The van der Waals surface area contributed by atoms with E-state index in [9.17, 15) is 0 Å². The highest BCUT2D eigenvalue weighted by atomic mass is 15.1. The third-order valence-electron chi connectivity index (χ3n) is 5.61. The third-order valence-corrected chi connectivity index (χ3v) is 5.61. The van der Waals surface area contributed by atoms with Crippen LogP contribution in [0.2, 0.25) is 0 Å². The molecule has 0 aliphatic carbocycles. The van der Waals surface area contributed by atoms with Crippen molar-refractivity contribution in [1.82, 2.24) is 10.2 Å². The van der Waals surface area contributed by atoms with E-state index in [1.807, 2.05) is 0 Å². The summed E-state index contributed by atoms with van der Waals surface area (Å²) >= 11 is 0. The van der Waals surface area contributed by atoms with Crippen molar-refractivity contribution in [2.24, 2.45) is 5.41 Å². The number of rotatable bonds is 6. The zero-order chi connectivity index (χ0) is 12.8. The number of likely N-dealkylation sites (tertiary alicyclic amines) is 1. The molecule has 2 fully saturated rings. The SMILES string of the molecule is CCC1(CC)CCN(CCCC2CCCN2)CC1. The van der Waals surface area contributed by atoms with E-state index < -0.39 is 0 Å². The van der Waals surface area contributed by atoms with Gasteiger partial charge in [0.1, 0.15) is 0 Å². The molecular formula is C16H32N2. The van der Waals surface area contributed by atoms with Crippen molar-refractivity contribution in [3.8, 4) is 0 Å². The summed E-state index contributed by atoms with van der Waals surface area (Å²) < 4.78 is 0. The molecule has 1 unspecified atom stereocenters. The van der Waals surface area contributed by atoms with Gasteiger partial charge in [-0.05, 0) is 70.1 Å². The second kappa shape index (κ2) is 6.91. The van der Waals surface area contributed by atoms with Gasteiger partial charge in [-0.1, -0.05) is 26.7 Å². The van der Waals surface area contributed by atoms with Gasteiger partial charge in [0.05, 0.1) is 0 Å². The van der Waals surface area contributed by atoms with Gasteiger partial charge in [0, 0.05) is 6.04 Å². The molecule has 0 aromatic carbocycles. The molecular weight excluding hydrogens is 220 g/mol. The number of nitrogens with one attached hydrogen (secondary N) is 1. The van der Waals surface area contributed by atoms with Gasteiger partial charge >= 0.3 is 0 Å². The lowest BCUT2D eigenvalue weighted by molar-refractivity contribution is 0.0939. The predicted octanol–water partition coefficient (Wildman–Crippen LogP) is 3.42. The van der Waals surface area contributed by atoms with Crippen LogP contribution in [0.1, 0.15) is 65.2 Å². The van der Waals surface area contributed by atoms with E-state index in [-0.39, 0.29) is 0 Å². The first-order valence-corrected chi connectivity index (χ1v) is 8.24. The summed E-state index contributed by atoms with van der Waals surface area (Å²) in [5, 5.41) is 3.61. The standard InChI is InChI=1S/C16H32N2/c1-3-16(4-2)9-13-18(14-10-16)12-6-8-15-7-5-11-17-15/h15,17H,3-14H2,1-2H3. The second-order valence-electron chi connectivity index (χ2n) is 6.48. The molecule has 2 nitrogen and oxygen atoms in total. The third kappa shape index (κ3) is 3.71. The van der Waals surface area contributed by atoms with Crippen molar-refractivity contribution in [3.05, 3.63) is 0 Å². The van der Waals surface area contributed by atoms with Gasteiger partial charge in [-0.15, -0.1) is 0 Å². The van der Waals surface area contributed by atoms with Gasteiger partial charge in [-0.2, -0.15) is 0 Å². The predicted molar refractivity (Wildman–Crippen MR) is 78.9 cm³/mol. The van der Waals surface area contributed by atoms with Crippen LogP contribution in [0.15, 0.2) is 0 Å². The maximum atomic E-state index is 3.61. The van der Waals surface area contributed by atoms with Crippen LogP contribution in [0.4, 0.5) is 0 Å². The van der Waals surface area contributed by atoms with Crippen molar-refractivity contribution in [2.45, 2.75) is 71.3 Å². The minimum atomic E-state index is 0.684. The van der Waals surface area contributed by atoms with E-state index >= 15 is 0 Å². The average Bonchev–Trinajstić information content (AvgIpc) is 2.93. The lowest BCUT2D eigenvalue weighted by Crippen LogP contribution is -2.40. The van der Waals surface area contributed by atoms with Crippen LogP contribution in [0, 0.1) is 5.41 Å². The Bertz CT molecular complexity index is 219. The molecule has 2 rings (SSSR count). The van der Waals surface area contributed by atoms with Gasteiger partial charge in [0.15, 0.2) is 0 Å². The Morgan fingerprint density at radius 1 is 1.17 bits per heavy atom. The van der Waals surface area contributed by atoms with Crippen LogP contribution in [-0.4, -0.2) is 37.1 Å². The number of piperidine rings is 1. The minimum absolute atomic E-state index is 0.684. The minimum Gasteiger partial charge on any atom is -0.314 e. The highest BCUT2D eigenvalue weighted by molar-refractivity contribution is 4.84. The van der Waals surface area contributed by atoms with Crippen LogP contribution < -0.4 is 5.32 Å². The molecule has 1 atom stereocenters. The molecule has 0 radical (unpaired) electrons. The summed E-state index contributed by atoms with van der Waals surface area (Å²) in [7, 11) is 0. The molecule has 0 amide bonds. The fourth-order valence-corrected chi connectivity index (χ4v) is 3.77. The Morgan fingerprint density at radius 3 is 2.44 bits per heavy atom. The van der Waals surface area contributed by atoms with E-state index in [2.05, 4.69) is 24.1 Å². The quantitative estimate of drug-likeness (QED) is 0.779. The Hall–Kier alpha value is -0.0800. The zero-order valence-electron chi connectivity index (χ0n) is 12.5. The Morgan fingerprint density at radius 2 is 1.89 bits per heavy atom. The fraction of sp³-hybridized carbons (Fsp3) is 1.00. The average molecular weight is 252 g/mol. The molecule has 0 spiro atoms. The molecule has 0 bridgehead atoms. The molecule has 0 saturated carbocycles. The summed E-state index contributed by atoms with van der Waals surface area (Å²) in [6.07, 6.45) is 11.2. The lowest BCUT2D eigenvalue weighted by atomic mass is 9.74. The van der Waals surface area contributed by atoms with Crippen LogP contribution in [0.25, 0.3) is 0 Å². The van der Waals surface area contributed by atoms with E-state index in [0.29, 0.717) is 5.41 Å². The summed E-state index contributed by atoms with van der Waals surface area (Å²) in [5.74, 6) is 0. The largest absolute Gasteiger partial charge is 0.314 e. The van der Waals surface area contributed by atoms with E-state index in [4.69, 9.17) is 0 Å². The van der Waals surface area contributed by atoms with Gasteiger partial charge in [0.25, 0.3) is 0 Å². The molecule has 0 aromatic heterocycles. The van der Waals surface area contributed by atoms with Crippen LogP contribution in [0.3, 0.4) is 0 Å². The van der Waals surface area contributed by atoms with Gasteiger partial charge in [-0.25, -0.2) is 0 Å². The van der Waals surface area contributed by atoms with Crippen molar-refractivity contribution in [3.63, 3.8) is 0 Å². The summed E-state index contributed by atoms with van der Waals surface area (Å²) in [4.78, 5) is 2.71. The monoisotopic (exact) mass is 252 g/mol. The second-order valence-corrected chi connectivity index (χ2v) is 6.48. The first-order valence-electron chi connectivity index (χ1n) is 8.24. The molecule has 2 saturated heterocycles. The first kappa shape index (κ1) is 14.3. The molecule has 0 aromatic rings. The molecule has 106 valence electrons. The van der Waals surface area contributed by atoms with Gasteiger partial charge in [0.2, 0.25) is 0 Å². The maximum Gasteiger partial charge on any atom is 0.00680 e. The van der Waals surface area contributed by atoms with E-state index in [1.54, 1.807) is 0 Å². The maximum absolute atomic E-state index is 3.61. The van der Waals surface area contributed by atoms with Gasteiger partial charge < -0.3 is 10.2 Å². The summed E-state index contributed by atoms with van der Waals surface area (Å²) in [5.41, 5.74) is 0.684. The zero-order valence-corrected chi connectivity index (χ0v) is 12.5. The van der Waals surface area contributed by atoms with Crippen molar-refractivity contribution in [2.75, 3.05) is 26.2 Å². The van der Waals surface area contributed by atoms with Crippen molar-refractivity contribution in [1.29, 1.82) is 0 Å². The topological polar surface area (TPSA) is 15.3 Å². The Kier molecular flexibility index (Phi) is 5.50. The number of hydrogen-bond donors (Lipinski definition) is 1. The Labute approximate surface area is 114 Å². The summed E-state index contributed by atoms with van der Waals surface area (Å²) in [6.45, 7) is 10.0. The van der Waals surface area contributed by atoms with E-state index in [0.717, 1.165) is 6.04 Å². The first-order chi connectivity index (χ1) is 8.78. The van der Waals surface area contributed by atoms with Crippen molar-refractivity contribution >= 4 is 0 Å². The molecule has 2 aliphatic heterocycles. The summed E-state index contributed by atoms with van der Waals surface area (Å²) in [6, 6.07) is 0.833. The molecule has 18 heavy (non-hydrogen) atoms. The highest BCUT2D eigenvalue weighted by Gasteiger charge is 2.30. The van der Waals surface area contributed by atoms with Gasteiger partial charge in [-0.3, -0.25) is 0 Å². The number of hydrogen-bond acceptors (Lipinski definition) is 2. The molecule has 1 N–H and O–H groups in total. The van der Waals surface area contributed by atoms with Crippen LogP contribution >= 0.6 is 0 Å². The number of nitrogens with zero attached hydrogens (tertiary/aromatic N) is 1. The fourth-order valence-electron chi connectivity index (χ4n) is 3.77. The molecule has 2 heterocycles. The molecule has 2 aliphatic rings. The Balaban J connectivity index is 1.61. The lowest BCUT2D eigenvalue weighted by Gasteiger charge is -2.41. The normalized spacial score (nSPS) is 28.7. The van der Waals surface area contributed by atoms with Crippen LogP contribution in [-0.2, 0) is 0 Å².